The first-order chi connectivity index (χ1) is 9.17. The fourth-order valence-corrected chi connectivity index (χ4v) is 2.96. The zero-order valence-corrected chi connectivity index (χ0v) is 12.2. The lowest BCUT2D eigenvalue weighted by Gasteiger charge is -2.40. The van der Waals surface area contributed by atoms with Crippen molar-refractivity contribution in [2.24, 2.45) is 5.41 Å². The van der Waals surface area contributed by atoms with Gasteiger partial charge in [0.25, 0.3) is 0 Å². The Morgan fingerprint density at radius 2 is 1.84 bits per heavy atom. The quantitative estimate of drug-likeness (QED) is 0.817. The molecule has 2 nitrogen and oxygen atoms in total. The second-order valence-corrected chi connectivity index (χ2v) is 5.95. The summed E-state index contributed by atoms with van der Waals surface area (Å²) >= 11 is 0. The van der Waals surface area contributed by atoms with Crippen LogP contribution in [0.15, 0.2) is 24.3 Å². The number of likely N-dealkylation sites (tertiary alicyclic amines) is 1. The highest BCUT2D eigenvalue weighted by Gasteiger charge is 2.32. The number of rotatable bonds is 4. The Hall–Kier alpha value is -1.33. The van der Waals surface area contributed by atoms with Crippen molar-refractivity contribution < 1.29 is 0 Å². The maximum Gasteiger partial charge on any atom is 0.0627 e. The van der Waals surface area contributed by atoms with Crippen molar-refractivity contribution in [3.05, 3.63) is 35.4 Å². The van der Waals surface area contributed by atoms with Crippen molar-refractivity contribution in [1.82, 2.24) is 4.90 Å². The molecule has 0 unspecified atom stereocenters. The van der Waals surface area contributed by atoms with Gasteiger partial charge in [0.2, 0.25) is 0 Å². The van der Waals surface area contributed by atoms with E-state index in [1.807, 2.05) is 0 Å². The van der Waals surface area contributed by atoms with Crippen molar-refractivity contribution in [3.8, 4) is 6.07 Å². The van der Waals surface area contributed by atoms with Crippen LogP contribution in [0.4, 0.5) is 0 Å². The predicted molar refractivity (Wildman–Crippen MR) is 78.6 cm³/mol. The Balaban J connectivity index is 1.90. The molecule has 2 heteroatoms. The number of benzene rings is 1. The summed E-state index contributed by atoms with van der Waals surface area (Å²) in [5.41, 5.74) is 3.01. The largest absolute Gasteiger partial charge is 0.299 e. The summed E-state index contributed by atoms with van der Waals surface area (Å²) in [7, 11) is 0. The number of aryl methyl sites for hydroxylation is 1. The van der Waals surface area contributed by atoms with Gasteiger partial charge in [-0.1, -0.05) is 36.8 Å². The summed E-state index contributed by atoms with van der Waals surface area (Å²) in [6.07, 6.45) is 4.20. The van der Waals surface area contributed by atoms with Gasteiger partial charge in [-0.3, -0.25) is 4.90 Å². The zero-order chi connectivity index (χ0) is 13.7. The minimum atomic E-state index is 0.290. The molecule has 2 rings (SSSR count). The van der Waals surface area contributed by atoms with Gasteiger partial charge < -0.3 is 0 Å². The van der Waals surface area contributed by atoms with Crippen LogP contribution in [0.25, 0.3) is 0 Å². The van der Waals surface area contributed by atoms with Gasteiger partial charge in [-0.2, -0.15) is 5.26 Å². The molecular formula is C17H24N2. The van der Waals surface area contributed by atoms with E-state index in [2.05, 4.69) is 49.1 Å². The number of hydrogen-bond acceptors (Lipinski definition) is 2. The van der Waals surface area contributed by atoms with E-state index in [0.29, 0.717) is 5.41 Å². The van der Waals surface area contributed by atoms with Gasteiger partial charge in [-0.15, -0.1) is 0 Å². The molecule has 1 aromatic rings. The van der Waals surface area contributed by atoms with Crippen molar-refractivity contribution in [3.63, 3.8) is 0 Å². The van der Waals surface area contributed by atoms with Crippen molar-refractivity contribution in [1.29, 1.82) is 5.26 Å². The second-order valence-electron chi connectivity index (χ2n) is 5.95. The highest BCUT2D eigenvalue weighted by Crippen LogP contribution is 2.38. The molecule has 1 fully saturated rings. The lowest BCUT2D eigenvalue weighted by Crippen LogP contribution is -2.39. The molecule has 0 aromatic heterocycles. The zero-order valence-electron chi connectivity index (χ0n) is 12.2. The minimum absolute atomic E-state index is 0.290. The average Bonchev–Trinajstić information content (AvgIpc) is 2.44. The highest BCUT2D eigenvalue weighted by molar-refractivity contribution is 5.21. The maximum absolute atomic E-state index is 8.98. The topological polar surface area (TPSA) is 27.0 Å². The average molecular weight is 256 g/mol. The lowest BCUT2D eigenvalue weighted by molar-refractivity contribution is 0.0979. The molecule has 0 N–H and O–H groups in total. The molecule has 0 radical (unpaired) electrons. The summed E-state index contributed by atoms with van der Waals surface area (Å²) in [6, 6.07) is 11.2. The van der Waals surface area contributed by atoms with Crippen molar-refractivity contribution >= 4 is 0 Å². The number of hydrogen-bond donors (Lipinski definition) is 0. The Bertz CT molecular complexity index is 433. The molecule has 1 aliphatic rings. The Morgan fingerprint density at radius 1 is 1.21 bits per heavy atom. The first kappa shape index (κ1) is 14.1. The van der Waals surface area contributed by atoms with E-state index in [1.54, 1.807) is 0 Å². The molecule has 0 amide bonds. The van der Waals surface area contributed by atoms with E-state index >= 15 is 0 Å². The van der Waals surface area contributed by atoms with Crippen LogP contribution >= 0.6 is 0 Å². The molecule has 19 heavy (non-hydrogen) atoms. The molecule has 0 aliphatic carbocycles. The summed E-state index contributed by atoms with van der Waals surface area (Å²) < 4.78 is 0. The normalized spacial score (nSPS) is 19.0. The molecular weight excluding hydrogens is 232 g/mol. The van der Waals surface area contributed by atoms with E-state index in [0.717, 1.165) is 32.5 Å². The third-order valence-electron chi connectivity index (χ3n) is 4.65. The Morgan fingerprint density at radius 3 is 2.37 bits per heavy atom. The van der Waals surface area contributed by atoms with Gasteiger partial charge in [0, 0.05) is 13.0 Å². The monoisotopic (exact) mass is 256 g/mol. The van der Waals surface area contributed by atoms with Crippen molar-refractivity contribution in [2.75, 3.05) is 13.1 Å². The van der Waals surface area contributed by atoms with Gasteiger partial charge in [0.15, 0.2) is 0 Å². The molecule has 1 aliphatic heterocycles. The fraction of sp³-hybridized carbons (Fsp3) is 0.588. The van der Waals surface area contributed by atoms with Gasteiger partial charge >= 0.3 is 0 Å². The van der Waals surface area contributed by atoms with E-state index in [4.69, 9.17) is 5.26 Å². The van der Waals surface area contributed by atoms with Crippen LogP contribution in [0.2, 0.25) is 0 Å². The Labute approximate surface area is 117 Å². The summed E-state index contributed by atoms with van der Waals surface area (Å²) in [4.78, 5) is 2.52. The number of nitrogens with zero attached hydrogens (tertiary/aromatic N) is 2. The summed E-state index contributed by atoms with van der Waals surface area (Å²) in [6.45, 7) is 7.66. The second kappa shape index (κ2) is 6.21. The maximum atomic E-state index is 8.98. The van der Waals surface area contributed by atoms with Crippen LogP contribution in [-0.2, 0) is 6.54 Å². The van der Waals surface area contributed by atoms with Crippen LogP contribution in [0, 0.1) is 23.7 Å². The van der Waals surface area contributed by atoms with Crippen LogP contribution in [0.5, 0.6) is 0 Å². The fourth-order valence-electron chi connectivity index (χ4n) is 2.96. The predicted octanol–water partition coefficient (Wildman–Crippen LogP) is 3.90. The minimum Gasteiger partial charge on any atom is -0.299 e. The van der Waals surface area contributed by atoms with E-state index in [-0.39, 0.29) is 0 Å². The van der Waals surface area contributed by atoms with E-state index in [9.17, 15) is 0 Å². The molecule has 1 heterocycles. The van der Waals surface area contributed by atoms with E-state index in [1.165, 1.54) is 24.0 Å². The number of piperidine rings is 1. The molecule has 0 bridgehead atoms. The van der Waals surface area contributed by atoms with Crippen LogP contribution in [-0.4, -0.2) is 18.0 Å². The number of nitriles is 1. The molecule has 1 saturated heterocycles. The lowest BCUT2D eigenvalue weighted by atomic mass is 9.74. The highest BCUT2D eigenvalue weighted by atomic mass is 15.1. The third-order valence-corrected chi connectivity index (χ3v) is 4.65. The summed E-state index contributed by atoms with van der Waals surface area (Å²) in [5.74, 6) is 0. The Kier molecular flexibility index (Phi) is 4.61. The third kappa shape index (κ3) is 3.58. The van der Waals surface area contributed by atoms with E-state index < -0.39 is 0 Å². The van der Waals surface area contributed by atoms with Crippen LogP contribution in [0.1, 0.15) is 43.7 Å². The van der Waals surface area contributed by atoms with Crippen LogP contribution in [0.3, 0.4) is 0 Å². The van der Waals surface area contributed by atoms with Gasteiger partial charge in [0.05, 0.1) is 6.07 Å². The smallest absolute Gasteiger partial charge is 0.0627 e. The molecule has 1 aromatic carbocycles. The molecule has 0 saturated carbocycles. The summed E-state index contributed by atoms with van der Waals surface area (Å²) in [5, 5.41) is 8.98. The first-order valence-electron chi connectivity index (χ1n) is 7.32. The van der Waals surface area contributed by atoms with Crippen LogP contribution < -0.4 is 0 Å². The first-order valence-corrected chi connectivity index (χ1v) is 7.32. The van der Waals surface area contributed by atoms with Gasteiger partial charge in [0.1, 0.15) is 0 Å². The molecule has 0 atom stereocenters. The standard InChI is InChI=1S/C17H24N2/c1-3-17(8-11-18)9-12-19(13-10-17)14-16-6-4-15(2)5-7-16/h4-7H,3,8-10,12-14H2,1-2H3. The molecule has 0 spiro atoms. The SMILES string of the molecule is CCC1(CC#N)CCN(Cc2ccc(C)cc2)CC1. The van der Waals surface area contributed by atoms with Crippen molar-refractivity contribution in [2.45, 2.75) is 46.1 Å². The van der Waals surface area contributed by atoms with Gasteiger partial charge in [-0.25, -0.2) is 0 Å². The van der Waals surface area contributed by atoms with Gasteiger partial charge in [-0.05, 0) is 50.3 Å². The molecule has 102 valence electrons.